The first-order valence-electron chi connectivity index (χ1n) is 10.2. The van der Waals surface area contributed by atoms with Crippen LogP contribution in [0.15, 0.2) is 66.7 Å². The molecule has 0 aliphatic carbocycles. The summed E-state index contributed by atoms with van der Waals surface area (Å²) in [5.74, 6) is 0.503. The SMILES string of the molecule is CC(=O)OCCc1ccccc1OCc1nsc2ccc(-c3cccc(CN)c3)cc12. The Labute approximate surface area is 185 Å². The second kappa shape index (κ2) is 9.73. The Morgan fingerprint density at radius 1 is 1.03 bits per heavy atom. The molecule has 0 unspecified atom stereocenters. The van der Waals surface area contributed by atoms with Crippen LogP contribution in [0.5, 0.6) is 5.75 Å². The maximum atomic E-state index is 11.0. The predicted molar refractivity (Wildman–Crippen MR) is 124 cm³/mol. The molecule has 0 aliphatic heterocycles. The number of rotatable bonds is 8. The third-order valence-electron chi connectivity index (χ3n) is 5.05. The molecule has 0 saturated heterocycles. The fourth-order valence-electron chi connectivity index (χ4n) is 3.45. The van der Waals surface area contributed by atoms with E-state index in [1.54, 1.807) is 0 Å². The Hall–Kier alpha value is -3.22. The molecule has 4 aromatic rings. The summed E-state index contributed by atoms with van der Waals surface area (Å²) in [5, 5.41) is 1.10. The first kappa shape index (κ1) is 21.0. The molecule has 0 fully saturated rings. The number of hydrogen-bond donors (Lipinski definition) is 1. The first-order chi connectivity index (χ1) is 15.1. The van der Waals surface area contributed by atoms with Gasteiger partial charge in [-0.3, -0.25) is 4.79 Å². The smallest absolute Gasteiger partial charge is 0.302 e. The van der Waals surface area contributed by atoms with Crippen LogP contribution in [0, 0.1) is 0 Å². The summed E-state index contributed by atoms with van der Waals surface area (Å²) in [7, 11) is 0. The van der Waals surface area contributed by atoms with E-state index in [-0.39, 0.29) is 5.97 Å². The maximum Gasteiger partial charge on any atom is 0.302 e. The number of carbonyl (C=O) groups is 1. The minimum absolute atomic E-state index is 0.278. The van der Waals surface area contributed by atoms with E-state index in [1.807, 2.05) is 36.4 Å². The monoisotopic (exact) mass is 432 g/mol. The van der Waals surface area contributed by atoms with Gasteiger partial charge in [0.1, 0.15) is 12.4 Å². The van der Waals surface area contributed by atoms with Gasteiger partial charge in [-0.1, -0.05) is 42.5 Å². The summed E-state index contributed by atoms with van der Waals surface area (Å²) >= 11 is 1.47. The highest BCUT2D eigenvalue weighted by molar-refractivity contribution is 7.13. The van der Waals surface area contributed by atoms with Crippen molar-refractivity contribution in [2.24, 2.45) is 5.73 Å². The van der Waals surface area contributed by atoms with Gasteiger partial charge in [-0.25, -0.2) is 0 Å². The van der Waals surface area contributed by atoms with E-state index in [9.17, 15) is 4.79 Å². The van der Waals surface area contributed by atoms with Gasteiger partial charge in [-0.05, 0) is 58.1 Å². The Morgan fingerprint density at radius 2 is 1.87 bits per heavy atom. The number of ether oxygens (including phenoxy) is 2. The number of hydrogen-bond acceptors (Lipinski definition) is 6. The molecular weight excluding hydrogens is 408 g/mol. The molecule has 0 amide bonds. The Balaban J connectivity index is 1.54. The highest BCUT2D eigenvalue weighted by Crippen LogP contribution is 2.30. The number of nitrogens with zero attached hydrogens (tertiary/aromatic N) is 1. The van der Waals surface area contributed by atoms with Gasteiger partial charge >= 0.3 is 5.97 Å². The lowest BCUT2D eigenvalue weighted by atomic mass is 10.0. The number of fused-ring (bicyclic) bond motifs is 1. The maximum absolute atomic E-state index is 11.0. The minimum atomic E-state index is -0.278. The van der Waals surface area contributed by atoms with Crippen molar-refractivity contribution >= 4 is 27.6 Å². The molecule has 0 aliphatic rings. The van der Waals surface area contributed by atoms with E-state index in [4.69, 9.17) is 15.2 Å². The van der Waals surface area contributed by atoms with Gasteiger partial charge in [-0.15, -0.1) is 0 Å². The first-order valence-corrected chi connectivity index (χ1v) is 10.9. The largest absolute Gasteiger partial charge is 0.487 e. The quantitative estimate of drug-likeness (QED) is 0.392. The molecule has 1 heterocycles. The number of aromatic nitrogens is 1. The molecule has 31 heavy (non-hydrogen) atoms. The highest BCUT2D eigenvalue weighted by Gasteiger charge is 2.11. The zero-order valence-electron chi connectivity index (χ0n) is 17.3. The van der Waals surface area contributed by atoms with Crippen molar-refractivity contribution in [3.05, 3.63) is 83.6 Å². The zero-order chi connectivity index (χ0) is 21.6. The molecule has 2 N–H and O–H groups in total. The standard InChI is InChI=1S/C25H24N2O3S/c1-17(28)29-12-11-19-6-2-3-8-24(19)30-16-23-22-14-21(9-10-25(22)31-27-23)20-7-4-5-18(13-20)15-26/h2-10,13-14H,11-12,15-16,26H2,1H3. The summed E-state index contributed by atoms with van der Waals surface area (Å²) in [6.07, 6.45) is 0.606. The molecule has 5 nitrogen and oxygen atoms in total. The lowest BCUT2D eigenvalue weighted by Crippen LogP contribution is -2.05. The van der Waals surface area contributed by atoms with E-state index in [2.05, 4.69) is 34.7 Å². The van der Waals surface area contributed by atoms with Gasteiger partial charge in [0.2, 0.25) is 0 Å². The summed E-state index contributed by atoms with van der Waals surface area (Å²) < 4.78 is 16.9. The zero-order valence-corrected chi connectivity index (χ0v) is 18.2. The molecule has 158 valence electrons. The van der Waals surface area contributed by atoms with Crippen molar-refractivity contribution in [3.63, 3.8) is 0 Å². The van der Waals surface area contributed by atoms with Gasteiger partial charge in [-0.2, -0.15) is 4.37 Å². The lowest BCUT2D eigenvalue weighted by Gasteiger charge is -2.11. The normalized spacial score (nSPS) is 10.9. The van der Waals surface area contributed by atoms with Crippen molar-refractivity contribution in [2.45, 2.75) is 26.5 Å². The molecule has 4 rings (SSSR count). The van der Waals surface area contributed by atoms with E-state index in [1.165, 1.54) is 18.5 Å². The van der Waals surface area contributed by atoms with Crippen LogP contribution in [0.1, 0.15) is 23.7 Å². The van der Waals surface area contributed by atoms with Gasteiger partial charge in [0.05, 0.1) is 17.0 Å². The van der Waals surface area contributed by atoms with Gasteiger partial charge < -0.3 is 15.2 Å². The molecular formula is C25H24N2O3S. The average Bonchev–Trinajstić information content (AvgIpc) is 3.20. The third kappa shape index (κ3) is 5.10. The average molecular weight is 433 g/mol. The van der Waals surface area contributed by atoms with E-state index >= 15 is 0 Å². The Morgan fingerprint density at radius 3 is 2.71 bits per heavy atom. The fourth-order valence-corrected chi connectivity index (χ4v) is 4.22. The van der Waals surface area contributed by atoms with Crippen LogP contribution in [-0.2, 0) is 29.1 Å². The molecule has 3 aromatic carbocycles. The molecule has 0 bridgehead atoms. The summed E-state index contributed by atoms with van der Waals surface area (Å²) in [5.41, 5.74) is 11.1. The van der Waals surface area contributed by atoms with E-state index < -0.39 is 0 Å². The number of carbonyl (C=O) groups excluding carboxylic acids is 1. The topological polar surface area (TPSA) is 74.4 Å². The number of benzene rings is 3. The molecule has 0 spiro atoms. The molecule has 0 radical (unpaired) electrons. The van der Waals surface area contributed by atoms with Crippen molar-refractivity contribution in [1.29, 1.82) is 0 Å². The Kier molecular flexibility index (Phi) is 6.60. The van der Waals surface area contributed by atoms with Crippen LogP contribution in [0.2, 0.25) is 0 Å². The van der Waals surface area contributed by atoms with E-state index in [0.717, 1.165) is 43.8 Å². The molecule has 1 aromatic heterocycles. The van der Waals surface area contributed by atoms with Gasteiger partial charge in [0.25, 0.3) is 0 Å². The fraction of sp³-hybridized carbons (Fsp3) is 0.200. The second-order valence-corrected chi connectivity index (χ2v) is 8.04. The van der Waals surface area contributed by atoms with Crippen LogP contribution >= 0.6 is 11.5 Å². The van der Waals surface area contributed by atoms with Crippen molar-refractivity contribution < 1.29 is 14.3 Å². The third-order valence-corrected chi connectivity index (χ3v) is 5.92. The van der Waals surface area contributed by atoms with Gasteiger partial charge in [0, 0.05) is 25.3 Å². The van der Waals surface area contributed by atoms with Crippen LogP contribution in [0.4, 0.5) is 0 Å². The minimum Gasteiger partial charge on any atom is -0.487 e. The number of para-hydroxylation sites is 1. The van der Waals surface area contributed by atoms with E-state index in [0.29, 0.717) is 26.2 Å². The summed E-state index contributed by atoms with van der Waals surface area (Å²) in [4.78, 5) is 11.0. The van der Waals surface area contributed by atoms with Crippen LogP contribution < -0.4 is 10.5 Å². The number of esters is 1. The van der Waals surface area contributed by atoms with Crippen molar-refractivity contribution in [3.8, 4) is 16.9 Å². The molecule has 0 saturated carbocycles. The summed E-state index contributed by atoms with van der Waals surface area (Å²) in [6, 6.07) is 22.5. The Bertz CT molecular complexity index is 1200. The molecule has 6 heteroatoms. The summed E-state index contributed by atoms with van der Waals surface area (Å²) in [6.45, 7) is 2.64. The molecule has 0 atom stereocenters. The van der Waals surface area contributed by atoms with Crippen LogP contribution in [-0.4, -0.2) is 16.9 Å². The van der Waals surface area contributed by atoms with Crippen molar-refractivity contribution in [1.82, 2.24) is 4.37 Å². The van der Waals surface area contributed by atoms with Crippen LogP contribution in [0.3, 0.4) is 0 Å². The second-order valence-electron chi connectivity index (χ2n) is 7.23. The number of nitrogens with two attached hydrogens (primary N) is 1. The van der Waals surface area contributed by atoms with Crippen molar-refractivity contribution in [2.75, 3.05) is 6.61 Å². The van der Waals surface area contributed by atoms with Crippen LogP contribution in [0.25, 0.3) is 21.2 Å². The lowest BCUT2D eigenvalue weighted by molar-refractivity contribution is -0.140. The predicted octanol–water partition coefficient (Wildman–Crippen LogP) is 5.11. The van der Waals surface area contributed by atoms with Gasteiger partial charge in [0.15, 0.2) is 0 Å². The highest BCUT2D eigenvalue weighted by atomic mass is 32.1.